The van der Waals surface area contributed by atoms with Crippen molar-refractivity contribution in [3.63, 3.8) is 0 Å². The van der Waals surface area contributed by atoms with Crippen molar-refractivity contribution in [2.24, 2.45) is 0 Å². The molecule has 0 radical (unpaired) electrons. The van der Waals surface area contributed by atoms with Gasteiger partial charge < -0.3 is 9.80 Å². The van der Waals surface area contributed by atoms with Gasteiger partial charge in [0.15, 0.2) is 5.69 Å². The summed E-state index contributed by atoms with van der Waals surface area (Å²) in [5.41, 5.74) is 4.04. The molecule has 2 aliphatic rings. The largest absolute Gasteiger partial charge is 0.307 e. The summed E-state index contributed by atoms with van der Waals surface area (Å²) < 4.78 is 0. The van der Waals surface area contributed by atoms with Crippen LogP contribution in [0.4, 0.5) is 5.69 Å². The monoisotopic (exact) mass is 394 g/mol. The predicted octanol–water partition coefficient (Wildman–Crippen LogP) is 3.96. The minimum atomic E-state index is -0.239. The van der Waals surface area contributed by atoms with E-state index < -0.39 is 0 Å². The first kappa shape index (κ1) is 19.2. The van der Waals surface area contributed by atoms with Gasteiger partial charge >= 0.3 is 0 Å². The molecule has 146 valence electrons. The number of nitriles is 1. The summed E-state index contributed by atoms with van der Waals surface area (Å²) in [5.74, 6) is -0.477. The number of benzene rings is 2. The second kappa shape index (κ2) is 7.35. The maximum atomic E-state index is 13.4. The highest BCUT2D eigenvalue weighted by Gasteiger charge is 2.47. The van der Waals surface area contributed by atoms with E-state index in [4.69, 9.17) is 6.57 Å². The van der Waals surface area contributed by atoms with E-state index in [1.54, 1.807) is 46.2 Å². The van der Waals surface area contributed by atoms with Crippen LogP contribution in [0.5, 0.6) is 0 Å². The molecule has 0 saturated heterocycles. The van der Waals surface area contributed by atoms with Crippen molar-refractivity contribution in [3.8, 4) is 6.07 Å². The predicted molar refractivity (Wildman–Crippen MR) is 112 cm³/mol. The highest BCUT2D eigenvalue weighted by molar-refractivity contribution is 6.30. The summed E-state index contributed by atoms with van der Waals surface area (Å²) in [6.07, 6.45) is 0. The fraction of sp³-hybridized carbons (Fsp3) is 0.167. The molecule has 4 rings (SSSR count). The van der Waals surface area contributed by atoms with Gasteiger partial charge in [0, 0.05) is 18.7 Å². The third kappa shape index (κ3) is 2.70. The zero-order valence-electron chi connectivity index (χ0n) is 16.6. The summed E-state index contributed by atoms with van der Waals surface area (Å²) in [6, 6.07) is 16.0. The first-order valence-electron chi connectivity index (χ1n) is 9.66. The summed E-state index contributed by atoms with van der Waals surface area (Å²) in [5, 5.41) is 9.28. The lowest BCUT2D eigenvalue weighted by Crippen LogP contribution is -2.29. The average Bonchev–Trinajstić information content (AvgIpc) is 3.24. The molecule has 0 aromatic heterocycles. The summed E-state index contributed by atoms with van der Waals surface area (Å²) in [7, 11) is 0. The maximum Gasteiger partial charge on any atom is 0.261 e. The molecule has 0 atom stereocenters. The molecule has 0 saturated carbocycles. The van der Waals surface area contributed by atoms with Crippen LogP contribution in [0.15, 0.2) is 59.7 Å². The number of fused-ring (bicyclic) bond motifs is 1. The van der Waals surface area contributed by atoms with Crippen LogP contribution in [0.3, 0.4) is 0 Å². The van der Waals surface area contributed by atoms with Crippen LogP contribution < -0.4 is 0 Å². The lowest BCUT2D eigenvalue weighted by molar-refractivity contribution is -0.124. The van der Waals surface area contributed by atoms with Crippen molar-refractivity contribution in [3.05, 3.63) is 87.8 Å². The minimum Gasteiger partial charge on any atom is -0.307 e. The van der Waals surface area contributed by atoms with Crippen LogP contribution in [-0.2, 0) is 9.59 Å². The van der Waals surface area contributed by atoms with Gasteiger partial charge in [-0.2, -0.15) is 5.26 Å². The second-order valence-electron chi connectivity index (χ2n) is 6.90. The molecule has 0 fully saturated rings. The van der Waals surface area contributed by atoms with Crippen molar-refractivity contribution in [2.75, 3.05) is 13.1 Å². The van der Waals surface area contributed by atoms with E-state index in [0.29, 0.717) is 58.0 Å². The summed E-state index contributed by atoms with van der Waals surface area (Å²) >= 11 is 0. The average molecular weight is 394 g/mol. The number of likely N-dealkylation sites (N-methyl/N-ethyl adjacent to an activating group) is 2. The van der Waals surface area contributed by atoms with E-state index in [1.807, 2.05) is 26.0 Å². The molecule has 30 heavy (non-hydrogen) atoms. The van der Waals surface area contributed by atoms with E-state index in [-0.39, 0.29) is 11.8 Å². The Morgan fingerprint density at radius 3 is 1.93 bits per heavy atom. The zero-order chi connectivity index (χ0) is 21.4. The Bertz CT molecular complexity index is 1140. The molecule has 2 amide bonds. The molecular weight excluding hydrogens is 376 g/mol. The van der Waals surface area contributed by atoms with Gasteiger partial charge in [-0.3, -0.25) is 9.59 Å². The van der Waals surface area contributed by atoms with Crippen LogP contribution in [0.2, 0.25) is 0 Å². The van der Waals surface area contributed by atoms with Crippen molar-refractivity contribution in [2.45, 2.75) is 13.8 Å². The van der Waals surface area contributed by atoms with Gasteiger partial charge in [-0.25, -0.2) is 4.85 Å². The zero-order valence-corrected chi connectivity index (χ0v) is 16.6. The second-order valence-corrected chi connectivity index (χ2v) is 6.90. The number of hydrogen-bond acceptors (Lipinski definition) is 3. The highest BCUT2D eigenvalue weighted by Crippen LogP contribution is 2.46. The molecular formula is C24H18N4O2. The number of carbonyl (C=O) groups is 2. The van der Waals surface area contributed by atoms with Crippen molar-refractivity contribution < 1.29 is 9.59 Å². The lowest BCUT2D eigenvalue weighted by Gasteiger charge is -2.23. The Labute approximate surface area is 174 Å². The highest BCUT2D eigenvalue weighted by atomic mass is 16.2. The quantitative estimate of drug-likeness (QED) is 0.737. The smallest absolute Gasteiger partial charge is 0.261 e. The molecule has 0 aliphatic carbocycles. The third-order valence-corrected chi connectivity index (χ3v) is 5.33. The van der Waals surface area contributed by atoms with Gasteiger partial charge in [0.1, 0.15) is 0 Å². The van der Waals surface area contributed by atoms with Crippen molar-refractivity contribution in [1.29, 1.82) is 5.26 Å². The fourth-order valence-electron chi connectivity index (χ4n) is 4.06. The van der Waals surface area contributed by atoms with Crippen LogP contribution >= 0.6 is 0 Å². The molecule has 0 spiro atoms. The van der Waals surface area contributed by atoms with E-state index in [9.17, 15) is 14.9 Å². The van der Waals surface area contributed by atoms with Crippen LogP contribution in [-0.4, -0.2) is 34.7 Å². The Morgan fingerprint density at radius 1 is 0.900 bits per heavy atom. The topological polar surface area (TPSA) is 68.8 Å². The molecule has 2 aromatic carbocycles. The van der Waals surface area contributed by atoms with E-state index in [1.165, 1.54) is 0 Å². The number of hydrogen-bond donors (Lipinski definition) is 0. The van der Waals surface area contributed by atoms with Crippen LogP contribution in [0.25, 0.3) is 16.2 Å². The Balaban J connectivity index is 2.03. The third-order valence-electron chi connectivity index (χ3n) is 5.33. The normalized spacial score (nSPS) is 15.6. The van der Waals surface area contributed by atoms with Gasteiger partial charge in [-0.05, 0) is 37.6 Å². The van der Waals surface area contributed by atoms with Gasteiger partial charge in [-0.15, -0.1) is 0 Å². The van der Waals surface area contributed by atoms with E-state index >= 15 is 0 Å². The van der Waals surface area contributed by atoms with Crippen molar-refractivity contribution >= 4 is 28.9 Å². The molecule has 0 unspecified atom stereocenters. The first-order valence-corrected chi connectivity index (χ1v) is 9.66. The van der Waals surface area contributed by atoms with Gasteiger partial charge in [0.05, 0.1) is 40.7 Å². The van der Waals surface area contributed by atoms with E-state index in [2.05, 4.69) is 10.9 Å². The van der Waals surface area contributed by atoms with Gasteiger partial charge in [0.25, 0.3) is 11.8 Å². The lowest BCUT2D eigenvalue weighted by atomic mass is 10.0. The first-order chi connectivity index (χ1) is 14.5. The standard InChI is InChI=1S/C24H18N4O2/c1-4-27-21(16-9-6-8-15(12-16)14-25)19-20(24(27)30)22(28(5-2)23(19)29)17-10-7-11-18(13-17)26-3/h6-13H,4-5H2,1-2H3. The minimum absolute atomic E-state index is 0.239. The Morgan fingerprint density at radius 2 is 1.43 bits per heavy atom. The number of nitrogens with zero attached hydrogens (tertiary/aromatic N) is 4. The number of rotatable bonds is 4. The molecule has 0 bridgehead atoms. The fourth-order valence-corrected chi connectivity index (χ4v) is 4.06. The van der Waals surface area contributed by atoms with Crippen LogP contribution in [0.1, 0.15) is 30.5 Å². The van der Waals surface area contributed by atoms with Gasteiger partial charge in [0.2, 0.25) is 0 Å². The molecule has 2 aliphatic heterocycles. The maximum absolute atomic E-state index is 13.4. The molecule has 2 heterocycles. The molecule has 6 heteroatoms. The number of amides is 2. The SMILES string of the molecule is [C-]#[N+]c1cccc(C2=C3C(=O)N(CC)C(c4cccc(C#N)c4)=C3C(=O)N2CC)c1. The molecule has 6 nitrogen and oxygen atoms in total. The summed E-state index contributed by atoms with van der Waals surface area (Å²) in [4.78, 5) is 33.5. The summed E-state index contributed by atoms with van der Waals surface area (Å²) in [6.45, 7) is 11.8. The van der Waals surface area contributed by atoms with Crippen LogP contribution in [0, 0.1) is 17.9 Å². The number of carbonyl (C=O) groups excluding carboxylic acids is 2. The van der Waals surface area contributed by atoms with Crippen molar-refractivity contribution in [1.82, 2.24) is 9.80 Å². The Hall–Kier alpha value is -4.16. The van der Waals surface area contributed by atoms with Gasteiger partial charge in [-0.1, -0.05) is 30.3 Å². The molecule has 0 N–H and O–H groups in total. The van der Waals surface area contributed by atoms with E-state index in [0.717, 1.165) is 0 Å². The Kier molecular flexibility index (Phi) is 4.69. The molecule has 2 aromatic rings.